The first-order valence-corrected chi connectivity index (χ1v) is 7.79. The van der Waals surface area contributed by atoms with Gasteiger partial charge in [-0.25, -0.2) is 0 Å². The van der Waals surface area contributed by atoms with Gasteiger partial charge in [0, 0.05) is 24.9 Å². The van der Waals surface area contributed by atoms with Gasteiger partial charge in [0.15, 0.2) is 0 Å². The molecule has 0 amide bonds. The molecule has 0 saturated heterocycles. The average Bonchev–Trinajstić information content (AvgIpc) is 2.47. The van der Waals surface area contributed by atoms with Crippen LogP contribution >= 0.6 is 24.0 Å². The number of nitrogens with zero attached hydrogens (tertiary/aromatic N) is 1. The van der Waals surface area contributed by atoms with Gasteiger partial charge in [0.25, 0.3) is 0 Å². The Morgan fingerprint density at radius 1 is 0.864 bits per heavy atom. The Morgan fingerprint density at radius 3 is 1.64 bits per heavy atom. The quantitative estimate of drug-likeness (QED) is 0.701. The third-order valence-electron chi connectivity index (χ3n) is 2.89. The Kier molecular flexibility index (Phi) is 5.85. The zero-order chi connectivity index (χ0) is 16.0. The van der Waals surface area contributed by atoms with Crippen molar-refractivity contribution >= 4 is 28.3 Å². The highest BCUT2D eigenvalue weighted by Gasteiger charge is 2.32. The standard InChI is InChI=1S/C16H14F3NS2/c17-16(18,19)22-15(21)20(11-13-7-3-1-4-8-13)12-14-9-5-2-6-10-14/h1-10H,11-12H2. The highest BCUT2D eigenvalue weighted by Crippen LogP contribution is 2.33. The molecule has 22 heavy (non-hydrogen) atoms. The van der Waals surface area contributed by atoms with Crippen LogP contribution in [0.5, 0.6) is 0 Å². The van der Waals surface area contributed by atoms with E-state index in [1.54, 1.807) is 4.90 Å². The maximum Gasteiger partial charge on any atom is 0.448 e. The predicted molar refractivity (Wildman–Crippen MR) is 88.4 cm³/mol. The molecule has 0 aliphatic carbocycles. The topological polar surface area (TPSA) is 3.24 Å². The minimum absolute atomic E-state index is 0.166. The average molecular weight is 341 g/mol. The molecule has 0 aliphatic rings. The first kappa shape index (κ1) is 16.8. The van der Waals surface area contributed by atoms with E-state index in [0.717, 1.165) is 11.1 Å². The van der Waals surface area contributed by atoms with Crippen LogP contribution in [0.4, 0.5) is 13.2 Å². The fourth-order valence-corrected chi connectivity index (χ4v) is 2.82. The van der Waals surface area contributed by atoms with E-state index in [4.69, 9.17) is 12.2 Å². The lowest BCUT2D eigenvalue weighted by molar-refractivity contribution is -0.0317. The summed E-state index contributed by atoms with van der Waals surface area (Å²) in [5.74, 6) is 0. The lowest BCUT2D eigenvalue weighted by Crippen LogP contribution is -2.28. The Bertz CT molecular complexity index is 558. The van der Waals surface area contributed by atoms with Crippen LogP contribution in [0.25, 0.3) is 0 Å². The number of rotatable bonds is 4. The van der Waals surface area contributed by atoms with Crippen LogP contribution in [0.3, 0.4) is 0 Å². The number of thiocarbonyl (C=S) groups is 1. The van der Waals surface area contributed by atoms with Crippen LogP contribution in [0, 0.1) is 0 Å². The molecule has 0 heterocycles. The number of hydrogen-bond donors (Lipinski definition) is 0. The van der Waals surface area contributed by atoms with Crippen LogP contribution in [0.15, 0.2) is 60.7 Å². The minimum atomic E-state index is -4.37. The van der Waals surface area contributed by atoms with E-state index in [2.05, 4.69) is 0 Å². The summed E-state index contributed by atoms with van der Waals surface area (Å²) in [7, 11) is 0. The fourth-order valence-electron chi connectivity index (χ4n) is 1.96. The first-order chi connectivity index (χ1) is 10.4. The van der Waals surface area contributed by atoms with Crippen LogP contribution < -0.4 is 0 Å². The van der Waals surface area contributed by atoms with Crippen LogP contribution in [0.1, 0.15) is 11.1 Å². The lowest BCUT2D eigenvalue weighted by Gasteiger charge is -2.25. The van der Waals surface area contributed by atoms with Gasteiger partial charge in [0.1, 0.15) is 4.32 Å². The van der Waals surface area contributed by atoms with Gasteiger partial charge in [0.2, 0.25) is 0 Å². The molecule has 2 aromatic carbocycles. The van der Waals surface area contributed by atoms with Crippen molar-refractivity contribution in [2.24, 2.45) is 0 Å². The fraction of sp³-hybridized carbons (Fsp3) is 0.188. The zero-order valence-electron chi connectivity index (χ0n) is 11.6. The van der Waals surface area contributed by atoms with Gasteiger partial charge < -0.3 is 4.90 Å². The maximum absolute atomic E-state index is 12.6. The van der Waals surface area contributed by atoms with Crippen molar-refractivity contribution in [3.8, 4) is 0 Å². The van der Waals surface area contributed by atoms with Crippen molar-refractivity contribution in [3.05, 3.63) is 71.8 Å². The van der Waals surface area contributed by atoms with E-state index >= 15 is 0 Å². The summed E-state index contributed by atoms with van der Waals surface area (Å²) >= 11 is 4.75. The summed E-state index contributed by atoms with van der Waals surface area (Å²) in [6, 6.07) is 18.7. The molecule has 0 aliphatic heterocycles. The van der Waals surface area contributed by atoms with Crippen molar-refractivity contribution in [3.63, 3.8) is 0 Å². The minimum Gasteiger partial charge on any atom is -0.349 e. The molecule has 0 N–H and O–H groups in total. The van der Waals surface area contributed by atoms with Gasteiger partial charge in [-0.1, -0.05) is 72.9 Å². The second kappa shape index (κ2) is 7.65. The second-order valence-electron chi connectivity index (χ2n) is 4.64. The molecule has 116 valence electrons. The largest absolute Gasteiger partial charge is 0.448 e. The van der Waals surface area contributed by atoms with Crippen molar-refractivity contribution in [1.29, 1.82) is 0 Å². The van der Waals surface area contributed by atoms with Crippen molar-refractivity contribution < 1.29 is 13.2 Å². The number of thioether (sulfide) groups is 1. The molecule has 1 nitrogen and oxygen atoms in total. The number of halogens is 3. The lowest BCUT2D eigenvalue weighted by atomic mass is 10.2. The highest BCUT2D eigenvalue weighted by atomic mass is 32.2. The van der Waals surface area contributed by atoms with Gasteiger partial charge in [-0.15, -0.1) is 0 Å². The Hall–Kier alpha value is -1.53. The molecule has 0 radical (unpaired) electrons. The van der Waals surface area contributed by atoms with Crippen LogP contribution in [-0.2, 0) is 13.1 Å². The van der Waals surface area contributed by atoms with Gasteiger partial charge in [0.05, 0.1) is 0 Å². The predicted octanol–water partition coefficient (Wildman–Crippen LogP) is 5.23. The molecule has 0 aromatic heterocycles. The maximum atomic E-state index is 12.6. The summed E-state index contributed by atoms with van der Waals surface area (Å²) in [6.45, 7) is 0.690. The summed E-state index contributed by atoms with van der Waals surface area (Å²) in [5.41, 5.74) is -2.53. The van der Waals surface area contributed by atoms with Crippen LogP contribution in [-0.4, -0.2) is 14.7 Å². The summed E-state index contributed by atoms with van der Waals surface area (Å²) in [4.78, 5) is 1.57. The van der Waals surface area contributed by atoms with E-state index in [1.807, 2.05) is 60.7 Å². The molecule has 0 unspecified atom stereocenters. The Balaban J connectivity index is 2.14. The third-order valence-corrected chi connectivity index (χ3v) is 4.07. The Labute approximate surface area is 137 Å². The molecule has 2 aromatic rings. The highest BCUT2D eigenvalue weighted by molar-refractivity contribution is 8.23. The van der Waals surface area contributed by atoms with Gasteiger partial charge >= 0.3 is 5.51 Å². The van der Waals surface area contributed by atoms with E-state index in [1.165, 1.54) is 0 Å². The monoisotopic (exact) mass is 341 g/mol. The van der Waals surface area contributed by atoms with Gasteiger partial charge in [-0.2, -0.15) is 13.2 Å². The molecule has 0 atom stereocenters. The zero-order valence-corrected chi connectivity index (χ0v) is 13.2. The molecule has 6 heteroatoms. The third kappa shape index (κ3) is 5.69. The summed E-state index contributed by atoms with van der Waals surface area (Å²) in [6.07, 6.45) is 0. The normalized spacial score (nSPS) is 11.2. The summed E-state index contributed by atoms with van der Waals surface area (Å²) < 4.78 is 37.6. The van der Waals surface area contributed by atoms with E-state index in [-0.39, 0.29) is 16.1 Å². The van der Waals surface area contributed by atoms with Gasteiger partial charge in [-0.3, -0.25) is 0 Å². The van der Waals surface area contributed by atoms with Crippen molar-refractivity contribution in [2.45, 2.75) is 18.6 Å². The van der Waals surface area contributed by atoms with Crippen molar-refractivity contribution in [2.75, 3.05) is 0 Å². The molecule has 0 bridgehead atoms. The molecule has 0 fully saturated rings. The number of alkyl halides is 3. The first-order valence-electron chi connectivity index (χ1n) is 6.56. The number of hydrogen-bond acceptors (Lipinski definition) is 2. The molecular formula is C16H14F3NS2. The molecule has 2 rings (SSSR count). The second-order valence-corrected chi connectivity index (χ2v) is 6.34. The van der Waals surface area contributed by atoms with E-state index < -0.39 is 5.51 Å². The molecular weight excluding hydrogens is 327 g/mol. The Morgan fingerprint density at radius 2 is 1.27 bits per heavy atom. The van der Waals surface area contributed by atoms with E-state index in [0.29, 0.717) is 13.1 Å². The SMILES string of the molecule is FC(F)(F)SC(=S)N(Cc1ccccc1)Cc1ccccc1. The number of benzene rings is 2. The van der Waals surface area contributed by atoms with E-state index in [9.17, 15) is 13.2 Å². The van der Waals surface area contributed by atoms with Gasteiger partial charge in [-0.05, 0) is 11.1 Å². The molecule has 0 saturated carbocycles. The van der Waals surface area contributed by atoms with Crippen molar-refractivity contribution in [1.82, 2.24) is 4.90 Å². The smallest absolute Gasteiger partial charge is 0.349 e. The summed E-state index contributed by atoms with van der Waals surface area (Å²) in [5, 5.41) is 0. The van der Waals surface area contributed by atoms with Crippen LogP contribution in [0.2, 0.25) is 0 Å². The molecule has 0 spiro atoms.